The Balaban J connectivity index is 1.86. The molecule has 2 rings (SSSR count). The van der Waals surface area contributed by atoms with E-state index < -0.39 is 0 Å². The number of carbonyl (C=O) groups excluding carboxylic acids is 1. The first-order valence-electron chi connectivity index (χ1n) is 5.27. The Bertz CT molecular complexity index is 314. The molecular formula is C10H16N4O. The number of nitrogens with two attached hydrogens (primary N) is 1. The highest BCUT2D eigenvalue weighted by Gasteiger charge is 2.20. The third kappa shape index (κ3) is 2.56. The fourth-order valence-electron chi connectivity index (χ4n) is 1.81. The molecular weight excluding hydrogens is 192 g/mol. The number of likely N-dealkylation sites (tertiary alicyclic amines) is 1. The average molecular weight is 208 g/mol. The van der Waals surface area contributed by atoms with Crippen molar-refractivity contribution in [2.45, 2.75) is 25.3 Å². The predicted molar refractivity (Wildman–Crippen MR) is 56.1 cm³/mol. The van der Waals surface area contributed by atoms with Gasteiger partial charge in [0.1, 0.15) is 0 Å². The molecule has 0 radical (unpaired) electrons. The summed E-state index contributed by atoms with van der Waals surface area (Å²) in [5.41, 5.74) is 6.65. The molecule has 15 heavy (non-hydrogen) atoms. The minimum absolute atomic E-state index is 0.158. The maximum atomic E-state index is 11.8. The lowest BCUT2D eigenvalue weighted by Crippen LogP contribution is -2.43. The van der Waals surface area contributed by atoms with E-state index in [0.29, 0.717) is 6.42 Å². The van der Waals surface area contributed by atoms with Gasteiger partial charge in [-0.3, -0.25) is 9.89 Å². The highest BCUT2D eigenvalue weighted by Crippen LogP contribution is 2.09. The van der Waals surface area contributed by atoms with Crippen molar-refractivity contribution in [3.05, 3.63) is 18.0 Å². The van der Waals surface area contributed by atoms with Gasteiger partial charge in [0.25, 0.3) is 0 Å². The first-order chi connectivity index (χ1) is 7.25. The normalized spacial score (nSPS) is 18.1. The summed E-state index contributed by atoms with van der Waals surface area (Å²) < 4.78 is 0. The number of nitrogens with zero attached hydrogens (tertiary/aromatic N) is 2. The Hall–Kier alpha value is -1.36. The molecule has 0 spiro atoms. The van der Waals surface area contributed by atoms with Gasteiger partial charge >= 0.3 is 0 Å². The molecule has 1 aromatic rings. The first kappa shape index (κ1) is 10.2. The zero-order chi connectivity index (χ0) is 10.7. The van der Waals surface area contributed by atoms with Crippen molar-refractivity contribution in [2.24, 2.45) is 5.73 Å². The minimum Gasteiger partial charge on any atom is -0.342 e. The molecule has 3 N–H and O–H groups in total. The Kier molecular flexibility index (Phi) is 3.01. The molecule has 0 atom stereocenters. The molecule has 1 aromatic heterocycles. The molecule has 1 aliphatic heterocycles. The standard InChI is InChI=1S/C10H16N4O/c11-8-2-5-14(6-3-8)10(15)7-9-1-4-12-13-9/h1,4,8H,2-3,5-7,11H2,(H,12,13). The molecule has 0 aliphatic carbocycles. The van der Waals surface area contributed by atoms with Gasteiger partial charge in [-0.1, -0.05) is 0 Å². The molecule has 82 valence electrons. The highest BCUT2D eigenvalue weighted by atomic mass is 16.2. The second kappa shape index (κ2) is 4.44. The van der Waals surface area contributed by atoms with Crippen LogP contribution >= 0.6 is 0 Å². The fourth-order valence-corrected chi connectivity index (χ4v) is 1.81. The molecule has 1 saturated heterocycles. The molecule has 1 aliphatic rings. The molecule has 1 fully saturated rings. The van der Waals surface area contributed by atoms with E-state index in [1.807, 2.05) is 11.0 Å². The maximum Gasteiger partial charge on any atom is 0.228 e. The summed E-state index contributed by atoms with van der Waals surface area (Å²) in [6, 6.07) is 2.09. The Labute approximate surface area is 88.6 Å². The van der Waals surface area contributed by atoms with Crippen LogP contribution in [0.2, 0.25) is 0 Å². The van der Waals surface area contributed by atoms with Gasteiger partial charge in [-0.05, 0) is 18.9 Å². The van der Waals surface area contributed by atoms with Crippen molar-refractivity contribution in [1.82, 2.24) is 15.1 Å². The second-order valence-corrected chi connectivity index (χ2v) is 3.98. The first-order valence-corrected chi connectivity index (χ1v) is 5.27. The van der Waals surface area contributed by atoms with Gasteiger partial charge < -0.3 is 10.6 Å². The van der Waals surface area contributed by atoms with E-state index in [2.05, 4.69) is 10.2 Å². The van der Waals surface area contributed by atoms with Gasteiger partial charge in [0, 0.05) is 31.0 Å². The predicted octanol–water partition coefficient (Wildman–Crippen LogP) is -0.0981. The molecule has 0 unspecified atom stereocenters. The average Bonchev–Trinajstić information content (AvgIpc) is 2.71. The lowest BCUT2D eigenvalue weighted by atomic mass is 10.1. The zero-order valence-corrected chi connectivity index (χ0v) is 8.65. The van der Waals surface area contributed by atoms with E-state index in [1.165, 1.54) is 0 Å². The molecule has 1 amide bonds. The Morgan fingerprint density at radius 3 is 2.93 bits per heavy atom. The fraction of sp³-hybridized carbons (Fsp3) is 0.600. The van der Waals surface area contributed by atoms with E-state index in [1.54, 1.807) is 6.20 Å². The third-order valence-corrected chi connectivity index (χ3v) is 2.79. The van der Waals surface area contributed by atoms with Crippen LogP contribution in [0.5, 0.6) is 0 Å². The lowest BCUT2D eigenvalue weighted by Gasteiger charge is -2.30. The van der Waals surface area contributed by atoms with Gasteiger partial charge in [0.15, 0.2) is 0 Å². The zero-order valence-electron chi connectivity index (χ0n) is 8.65. The van der Waals surface area contributed by atoms with E-state index in [4.69, 9.17) is 5.73 Å². The topological polar surface area (TPSA) is 75.0 Å². The van der Waals surface area contributed by atoms with Crippen molar-refractivity contribution < 1.29 is 4.79 Å². The number of carbonyl (C=O) groups is 1. The summed E-state index contributed by atoms with van der Waals surface area (Å²) in [5, 5.41) is 6.61. The van der Waals surface area contributed by atoms with Crippen molar-refractivity contribution in [2.75, 3.05) is 13.1 Å². The van der Waals surface area contributed by atoms with E-state index in [-0.39, 0.29) is 11.9 Å². The smallest absolute Gasteiger partial charge is 0.228 e. The van der Waals surface area contributed by atoms with Crippen LogP contribution in [-0.2, 0) is 11.2 Å². The number of amides is 1. The summed E-state index contributed by atoms with van der Waals surface area (Å²) >= 11 is 0. The van der Waals surface area contributed by atoms with Gasteiger partial charge in [-0.25, -0.2) is 0 Å². The summed E-state index contributed by atoms with van der Waals surface area (Å²) in [6.07, 6.45) is 3.90. The van der Waals surface area contributed by atoms with Crippen LogP contribution in [0.1, 0.15) is 18.5 Å². The summed E-state index contributed by atoms with van der Waals surface area (Å²) in [7, 11) is 0. The molecule has 2 heterocycles. The SMILES string of the molecule is NC1CCN(C(=O)Cc2ccn[nH]2)CC1. The quantitative estimate of drug-likeness (QED) is 0.712. The van der Waals surface area contributed by atoms with Crippen molar-refractivity contribution in [3.63, 3.8) is 0 Å². The van der Waals surface area contributed by atoms with Crippen LogP contribution in [-0.4, -0.2) is 40.1 Å². The molecule has 0 saturated carbocycles. The number of piperidine rings is 1. The lowest BCUT2D eigenvalue weighted by molar-refractivity contribution is -0.131. The van der Waals surface area contributed by atoms with E-state index in [0.717, 1.165) is 31.6 Å². The third-order valence-electron chi connectivity index (χ3n) is 2.79. The second-order valence-electron chi connectivity index (χ2n) is 3.98. The monoisotopic (exact) mass is 208 g/mol. The van der Waals surface area contributed by atoms with E-state index in [9.17, 15) is 4.79 Å². The largest absolute Gasteiger partial charge is 0.342 e. The molecule has 5 nitrogen and oxygen atoms in total. The van der Waals surface area contributed by atoms with Gasteiger partial charge in [-0.2, -0.15) is 5.10 Å². The number of aromatic nitrogens is 2. The van der Waals surface area contributed by atoms with E-state index >= 15 is 0 Å². The molecule has 0 aromatic carbocycles. The summed E-state index contributed by atoms with van der Waals surface area (Å²) in [4.78, 5) is 13.7. The van der Waals surface area contributed by atoms with Crippen molar-refractivity contribution in [3.8, 4) is 0 Å². The van der Waals surface area contributed by atoms with Crippen molar-refractivity contribution in [1.29, 1.82) is 0 Å². The summed E-state index contributed by atoms with van der Waals surface area (Å²) in [6.45, 7) is 1.57. The van der Waals surface area contributed by atoms with Crippen LogP contribution < -0.4 is 5.73 Å². The number of aromatic amines is 1. The van der Waals surface area contributed by atoms with Crippen LogP contribution in [0.4, 0.5) is 0 Å². The van der Waals surface area contributed by atoms with Crippen LogP contribution in [0.15, 0.2) is 12.3 Å². The number of hydrogen-bond acceptors (Lipinski definition) is 3. The maximum absolute atomic E-state index is 11.8. The molecule has 0 bridgehead atoms. The van der Waals surface area contributed by atoms with Crippen LogP contribution in [0.25, 0.3) is 0 Å². The van der Waals surface area contributed by atoms with Gasteiger partial charge in [-0.15, -0.1) is 0 Å². The Morgan fingerprint density at radius 1 is 1.60 bits per heavy atom. The van der Waals surface area contributed by atoms with Gasteiger partial charge in [0.05, 0.1) is 6.42 Å². The molecule has 5 heteroatoms. The van der Waals surface area contributed by atoms with Crippen LogP contribution in [0, 0.1) is 0 Å². The van der Waals surface area contributed by atoms with Gasteiger partial charge in [0.2, 0.25) is 5.91 Å². The minimum atomic E-state index is 0.158. The number of H-pyrrole nitrogens is 1. The Morgan fingerprint density at radius 2 is 2.33 bits per heavy atom. The number of hydrogen-bond donors (Lipinski definition) is 2. The number of nitrogens with one attached hydrogen (secondary N) is 1. The number of rotatable bonds is 2. The van der Waals surface area contributed by atoms with Crippen molar-refractivity contribution >= 4 is 5.91 Å². The summed E-state index contributed by atoms with van der Waals surface area (Å²) in [5.74, 6) is 0.158. The van der Waals surface area contributed by atoms with Crippen LogP contribution in [0.3, 0.4) is 0 Å². The highest BCUT2D eigenvalue weighted by molar-refractivity contribution is 5.78.